The minimum Gasteiger partial charge on any atom is -0.351 e. The van der Waals surface area contributed by atoms with Crippen LogP contribution in [0.2, 0.25) is 5.02 Å². The molecule has 1 amide bonds. The predicted octanol–water partition coefficient (Wildman–Crippen LogP) is 2.44. The van der Waals surface area contributed by atoms with Gasteiger partial charge in [0.25, 0.3) is 0 Å². The summed E-state index contributed by atoms with van der Waals surface area (Å²) in [5.74, 6) is 0.0868. The van der Waals surface area contributed by atoms with Gasteiger partial charge in [-0.05, 0) is 37.1 Å². The summed E-state index contributed by atoms with van der Waals surface area (Å²) >= 11 is 5.90. The molecule has 4 heteroatoms. The van der Waals surface area contributed by atoms with Crippen molar-refractivity contribution in [1.82, 2.24) is 10.2 Å². The SMILES string of the molecule is CCN(CC(=O)NCc1cccc(Cl)c1)C1CC1. The van der Waals surface area contributed by atoms with Crippen LogP contribution in [-0.4, -0.2) is 29.9 Å². The number of likely N-dealkylation sites (N-methyl/N-ethyl adjacent to an activating group) is 1. The summed E-state index contributed by atoms with van der Waals surface area (Å²) in [4.78, 5) is 14.0. The third-order valence-electron chi connectivity index (χ3n) is 3.19. The summed E-state index contributed by atoms with van der Waals surface area (Å²) in [5.41, 5.74) is 1.03. The topological polar surface area (TPSA) is 32.3 Å². The lowest BCUT2D eigenvalue weighted by atomic mass is 10.2. The van der Waals surface area contributed by atoms with Crippen molar-refractivity contribution in [2.45, 2.75) is 32.4 Å². The number of nitrogens with zero attached hydrogens (tertiary/aromatic N) is 1. The fraction of sp³-hybridized carbons (Fsp3) is 0.500. The first-order chi connectivity index (χ1) is 8.69. The normalized spacial score (nSPS) is 14.8. The van der Waals surface area contributed by atoms with Crippen LogP contribution < -0.4 is 5.32 Å². The highest BCUT2D eigenvalue weighted by Crippen LogP contribution is 2.25. The van der Waals surface area contributed by atoms with Gasteiger partial charge in [0.2, 0.25) is 5.91 Å². The molecule has 1 aromatic rings. The molecule has 1 aliphatic rings. The molecule has 18 heavy (non-hydrogen) atoms. The molecular weight excluding hydrogens is 248 g/mol. The minimum absolute atomic E-state index is 0.0868. The van der Waals surface area contributed by atoms with Crippen molar-refractivity contribution < 1.29 is 4.79 Å². The second-order valence-electron chi connectivity index (χ2n) is 4.70. The average Bonchev–Trinajstić information content (AvgIpc) is 3.18. The fourth-order valence-electron chi connectivity index (χ4n) is 2.03. The van der Waals surface area contributed by atoms with Crippen LogP contribution in [0.1, 0.15) is 25.3 Å². The smallest absolute Gasteiger partial charge is 0.234 e. The first kappa shape index (κ1) is 13.4. The first-order valence-corrected chi connectivity index (χ1v) is 6.82. The molecule has 2 rings (SSSR count). The molecule has 0 bridgehead atoms. The van der Waals surface area contributed by atoms with E-state index in [1.165, 1.54) is 12.8 Å². The number of halogens is 1. The lowest BCUT2D eigenvalue weighted by Gasteiger charge is -2.18. The highest BCUT2D eigenvalue weighted by molar-refractivity contribution is 6.30. The standard InChI is InChI=1S/C14H19ClN2O/c1-2-17(13-6-7-13)10-14(18)16-9-11-4-3-5-12(15)8-11/h3-5,8,13H,2,6-7,9-10H2,1H3,(H,16,18). The van der Waals surface area contributed by atoms with E-state index in [9.17, 15) is 4.79 Å². The number of carbonyl (C=O) groups excluding carboxylic acids is 1. The van der Waals surface area contributed by atoms with Crippen LogP contribution in [0.3, 0.4) is 0 Å². The number of benzene rings is 1. The predicted molar refractivity (Wildman–Crippen MR) is 73.6 cm³/mol. The van der Waals surface area contributed by atoms with Crippen molar-refractivity contribution >= 4 is 17.5 Å². The van der Waals surface area contributed by atoms with E-state index in [1.54, 1.807) is 0 Å². The number of rotatable bonds is 6. The Kier molecular flexibility index (Phi) is 4.61. The molecule has 1 aliphatic carbocycles. The van der Waals surface area contributed by atoms with Gasteiger partial charge in [-0.25, -0.2) is 0 Å². The highest BCUT2D eigenvalue weighted by atomic mass is 35.5. The van der Waals surface area contributed by atoms with E-state index in [0.717, 1.165) is 12.1 Å². The number of amides is 1. The van der Waals surface area contributed by atoms with Crippen molar-refractivity contribution in [2.75, 3.05) is 13.1 Å². The molecule has 1 saturated carbocycles. The molecular formula is C14H19ClN2O. The Hall–Kier alpha value is -1.06. The Labute approximate surface area is 113 Å². The van der Waals surface area contributed by atoms with Crippen LogP contribution in [0.15, 0.2) is 24.3 Å². The molecule has 3 nitrogen and oxygen atoms in total. The van der Waals surface area contributed by atoms with Crippen LogP contribution >= 0.6 is 11.6 Å². The first-order valence-electron chi connectivity index (χ1n) is 6.44. The van der Waals surface area contributed by atoms with Gasteiger partial charge >= 0.3 is 0 Å². The summed E-state index contributed by atoms with van der Waals surface area (Å²) < 4.78 is 0. The van der Waals surface area contributed by atoms with Crippen LogP contribution in [0, 0.1) is 0 Å². The fourth-order valence-corrected chi connectivity index (χ4v) is 2.24. The largest absolute Gasteiger partial charge is 0.351 e. The van der Waals surface area contributed by atoms with Gasteiger partial charge in [-0.2, -0.15) is 0 Å². The van der Waals surface area contributed by atoms with Crippen molar-refractivity contribution in [2.24, 2.45) is 0 Å². The van der Waals surface area contributed by atoms with E-state index < -0.39 is 0 Å². The van der Waals surface area contributed by atoms with Gasteiger partial charge in [-0.3, -0.25) is 9.69 Å². The van der Waals surface area contributed by atoms with E-state index in [-0.39, 0.29) is 5.91 Å². The maximum absolute atomic E-state index is 11.8. The van der Waals surface area contributed by atoms with Gasteiger partial charge in [-0.15, -0.1) is 0 Å². The monoisotopic (exact) mass is 266 g/mol. The molecule has 0 spiro atoms. The minimum atomic E-state index is 0.0868. The molecule has 0 aliphatic heterocycles. The van der Waals surface area contributed by atoms with Gasteiger partial charge in [-0.1, -0.05) is 30.7 Å². The summed E-state index contributed by atoms with van der Waals surface area (Å²) in [6.45, 7) is 4.08. The summed E-state index contributed by atoms with van der Waals surface area (Å²) in [5, 5.41) is 3.64. The van der Waals surface area contributed by atoms with E-state index in [2.05, 4.69) is 17.1 Å². The zero-order chi connectivity index (χ0) is 13.0. The molecule has 1 fully saturated rings. The number of hydrogen-bond donors (Lipinski definition) is 1. The molecule has 1 N–H and O–H groups in total. The van der Waals surface area contributed by atoms with Crippen LogP contribution in [0.5, 0.6) is 0 Å². The summed E-state index contributed by atoms with van der Waals surface area (Å²) in [6, 6.07) is 8.20. The molecule has 0 heterocycles. The number of nitrogens with one attached hydrogen (secondary N) is 1. The molecule has 1 aromatic carbocycles. The van der Waals surface area contributed by atoms with Crippen molar-refractivity contribution in [3.63, 3.8) is 0 Å². The summed E-state index contributed by atoms with van der Waals surface area (Å²) in [6.07, 6.45) is 2.46. The van der Waals surface area contributed by atoms with Gasteiger partial charge in [0.05, 0.1) is 6.54 Å². The summed E-state index contributed by atoms with van der Waals surface area (Å²) in [7, 11) is 0. The zero-order valence-electron chi connectivity index (χ0n) is 10.7. The van der Waals surface area contributed by atoms with E-state index in [1.807, 2.05) is 24.3 Å². The van der Waals surface area contributed by atoms with Crippen LogP contribution in [-0.2, 0) is 11.3 Å². The Morgan fingerprint density at radius 3 is 2.89 bits per heavy atom. The van der Waals surface area contributed by atoms with Gasteiger partial charge < -0.3 is 5.32 Å². The Bertz CT molecular complexity index is 418. The Morgan fingerprint density at radius 1 is 1.50 bits per heavy atom. The van der Waals surface area contributed by atoms with Crippen molar-refractivity contribution in [3.05, 3.63) is 34.9 Å². The van der Waals surface area contributed by atoms with E-state index in [0.29, 0.717) is 24.2 Å². The molecule has 0 aromatic heterocycles. The molecule has 0 saturated heterocycles. The van der Waals surface area contributed by atoms with E-state index >= 15 is 0 Å². The lowest BCUT2D eigenvalue weighted by molar-refractivity contribution is -0.122. The molecule has 0 atom stereocenters. The molecule has 0 unspecified atom stereocenters. The number of carbonyl (C=O) groups is 1. The van der Waals surface area contributed by atoms with Gasteiger partial charge in [0.15, 0.2) is 0 Å². The maximum Gasteiger partial charge on any atom is 0.234 e. The zero-order valence-corrected chi connectivity index (χ0v) is 11.4. The lowest BCUT2D eigenvalue weighted by Crippen LogP contribution is -2.38. The highest BCUT2D eigenvalue weighted by Gasteiger charge is 2.28. The van der Waals surface area contributed by atoms with Crippen LogP contribution in [0.4, 0.5) is 0 Å². The molecule has 98 valence electrons. The second kappa shape index (κ2) is 6.21. The Balaban J connectivity index is 1.77. The Morgan fingerprint density at radius 2 is 2.28 bits per heavy atom. The molecule has 0 radical (unpaired) electrons. The number of hydrogen-bond acceptors (Lipinski definition) is 2. The van der Waals surface area contributed by atoms with E-state index in [4.69, 9.17) is 11.6 Å². The average molecular weight is 267 g/mol. The van der Waals surface area contributed by atoms with Gasteiger partial charge in [0.1, 0.15) is 0 Å². The van der Waals surface area contributed by atoms with Crippen LogP contribution in [0.25, 0.3) is 0 Å². The quantitative estimate of drug-likeness (QED) is 0.858. The second-order valence-corrected chi connectivity index (χ2v) is 5.14. The van der Waals surface area contributed by atoms with Gasteiger partial charge in [0, 0.05) is 17.6 Å². The van der Waals surface area contributed by atoms with Crippen molar-refractivity contribution in [1.29, 1.82) is 0 Å². The maximum atomic E-state index is 11.8. The third-order valence-corrected chi connectivity index (χ3v) is 3.43. The van der Waals surface area contributed by atoms with Crippen molar-refractivity contribution in [3.8, 4) is 0 Å². The third kappa shape index (κ3) is 4.00.